The maximum atomic E-state index is 13.2. The van der Waals surface area contributed by atoms with Crippen LogP contribution in [0.2, 0.25) is 0 Å². The highest BCUT2D eigenvalue weighted by Gasteiger charge is 2.18. The number of aryl methyl sites for hydroxylation is 1. The smallest absolute Gasteiger partial charge is 0.319 e. The van der Waals surface area contributed by atoms with E-state index in [1.54, 1.807) is 54.0 Å². The minimum atomic E-state index is -0.479. The van der Waals surface area contributed by atoms with Gasteiger partial charge in [-0.1, -0.05) is 18.2 Å². The summed E-state index contributed by atoms with van der Waals surface area (Å²) in [6.07, 6.45) is 3.23. The number of imidazole rings is 1. The number of nitrogens with zero attached hydrogens (tertiary/aromatic N) is 3. The number of rotatable bonds is 5. The van der Waals surface area contributed by atoms with Gasteiger partial charge in [-0.05, 0) is 42.8 Å². The maximum absolute atomic E-state index is 13.2. The lowest BCUT2D eigenvalue weighted by atomic mass is 10.2. The van der Waals surface area contributed by atoms with Crippen LogP contribution in [0.3, 0.4) is 0 Å². The van der Waals surface area contributed by atoms with E-state index >= 15 is 0 Å². The molecule has 10 heteroatoms. The van der Waals surface area contributed by atoms with Gasteiger partial charge in [0.1, 0.15) is 23.0 Å². The second-order valence-corrected chi connectivity index (χ2v) is 7.01. The van der Waals surface area contributed by atoms with Crippen LogP contribution in [0, 0.1) is 12.7 Å². The van der Waals surface area contributed by atoms with Gasteiger partial charge >= 0.3 is 6.03 Å². The minimum Gasteiger partial charge on any atom is -0.382 e. The Labute approximate surface area is 182 Å². The zero-order valence-electron chi connectivity index (χ0n) is 17.1. The molecule has 0 radical (unpaired) electrons. The summed E-state index contributed by atoms with van der Waals surface area (Å²) in [5.74, 6) is -0.0456. The van der Waals surface area contributed by atoms with Crippen LogP contribution < -0.4 is 21.7 Å². The fourth-order valence-electron chi connectivity index (χ4n) is 3.24. The molecule has 162 valence electrons. The van der Waals surface area contributed by atoms with E-state index in [1.807, 2.05) is 0 Å². The third-order valence-electron chi connectivity index (χ3n) is 4.69. The van der Waals surface area contributed by atoms with Gasteiger partial charge in [-0.25, -0.2) is 19.2 Å². The molecule has 0 spiro atoms. The standard InChI is InChI=1S/C22H20FN7O2/c1-13-27-18(19-20(24)25-8-9-30(13)19)21(31)28-16-6-2-4-14(10-16)12-26-22(32)29-17-7-3-5-15(23)11-17/h2-11H,12H2,1H3,(H2,24,25)(H,28,31)(H2,26,29,32). The molecule has 2 aromatic carbocycles. The molecule has 0 aliphatic heterocycles. The average Bonchev–Trinajstić information content (AvgIpc) is 3.11. The lowest BCUT2D eigenvalue weighted by Gasteiger charge is -2.10. The van der Waals surface area contributed by atoms with Crippen molar-refractivity contribution in [3.63, 3.8) is 0 Å². The number of hydrogen-bond donors (Lipinski definition) is 4. The van der Waals surface area contributed by atoms with E-state index in [1.165, 1.54) is 18.2 Å². The summed E-state index contributed by atoms with van der Waals surface area (Å²) in [5, 5.41) is 8.04. The van der Waals surface area contributed by atoms with E-state index < -0.39 is 17.8 Å². The van der Waals surface area contributed by atoms with E-state index in [4.69, 9.17) is 5.73 Å². The third-order valence-corrected chi connectivity index (χ3v) is 4.69. The highest BCUT2D eigenvalue weighted by Crippen LogP contribution is 2.20. The number of anilines is 3. The second-order valence-electron chi connectivity index (χ2n) is 7.01. The van der Waals surface area contributed by atoms with Crippen molar-refractivity contribution in [3.05, 3.63) is 83.8 Å². The number of carbonyl (C=O) groups excluding carboxylic acids is 2. The molecule has 0 aliphatic rings. The van der Waals surface area contributed by atoms with Gasteiger partial charge in [-0.3, -0.25) is 9.20 Å². The zero-order valence-corrected chi connectivity index (χ0v) is 17.1. The maximum Gasteiger partial charge on any atom is 0.319 e. The predicted octanol–water partition coefficient (Wildman–Crippen LogP) is 3.33. The molecule has 0 saturated heterocycles. The fraction of sp³-hybridized carbons (Fsp3) is 0.0909. The molecule has 0 saturated carbocycles. The summed E-state index contributed by atoms with van der Waals surface area (Å²) in [6, 6.07) is 12.1. The molecule has 0 unspecified atom stereocenters. The van der Waals surface area contributed by atoms with Gasteiger partial charge in [0.15, 0.2) is 5.69 Å². The van der Waals surface area contributed by atoms with Gasteiger partial charge in [-0.15, -0.1) is 0 Å². The summed E-state index contributed by atoms with van der Waals surface area (Å²) in [5.41, 5.74) is 8.18. The van der Waals surface area contributed by atoms with Crippen LogP contribution in [-0.4, -0.2) is 26.3 Å². The van der Waals surface area contributed by atoms with Crippen LogP contribution in [0.5, 0.6) is 0 Å². The number of urea groups is 1. The van der Waals surface area contributed by atoms with Crippen molar-refractivity contribution in [1.29, 1.82) is 0 Å². The molecule has 4 rings (SSSR count). The first kappa shape index (κ1) is 20.8. The fourth-order valence-corrected chi connectivity index (χ4v) is 3.24. The molecule has 2 aromatic heterocycles. The predicted molar refractivity (Wildman–Crippen MR) is 119 cm³/mol. The van der Waals surface area contributed by atoms with E-state index in [-0.39, 0.29) is 18.1 Å². The van der Waals surface area contributed by atoms with Gasteiger partial charge in [-0.2, -0.15) is 0 Å². The summed E-state index contributed by atoms with van der Waals surface area (Å²) >= 11 is 0. The average molecular weight is 433 g/mol. The second kappa shape index (κ2) is 8.72. The molecule has 0 fully saturated rings. The SMILES string of the molecule is Cc1nc(C(=O)Nc2cccc(CNC(=O)Nc3cccc(F)c3)c2)c2c(N)nccn12. The van der Waals surface area contributed by atoms with Gasteiger partial charge in [0.2, 0.25) is 0 Å². The van der Waals surface area contributed by atoms with Crippen molar-refractivity contribution < 1.29 is 14.0 Å². The van der Waals surface area contributed by atoms with Crippen LogP contribution in [-0.2, 0) is 6.54 Å². The largest absolute Gasteiger partial charge is 0.382 e. The Bertz CT molecular complexity index is 1320. The molecular weight excluding hydrogens is 413 g/mol. The van der Waals surface area contributed by atoms with E-state index in [2.05, 4.69) is 25.9 Å². The van der Waals surface area contributed by atoms with Gasteiger partial charge in [0.25, 0.3) is 5.91 Å². The van der Waals surface area contributed by atoms with E-state index in [0.717, 1.165) is 5.56 Å². The Morgan fingerprint density at radius 2 is 1.84 bits per heavy atom. The van der Waals surface area contributed by atoms with Crippen LogP contribution in [0.15, 0.2) is 60.9 Å². The van der Waals surface area contributed by atoms with Crippen molar-refractivity contribution in [2.45, 2.75) is 13.5 Å². The number of amides is 3. The number of carbonyl (C=O) groups is 2. The summed E-state index contributed by atoms with van der Waals surface area (Å²) < 4.78 is 14.9. The van der Waals surface area contributed by atoms with Crippen molar-refractivity contribution in [2.75, 3.05) is 16.4 Å². The highest BCUT2D eigenvalue weighted by atomic mass is 19.1. The Morgan fingerprint density at radius 3 is 2.62 bits per heavy atom. The van der Waals surface area contributed by atoms with E-state index in [9.17, 15) is 14.0 Å². The number of nitrogens with two attached hydrogens (primary N) is 1. The molecule has 5 N–H and O–H groups in total. The lowest BCUT2D eigenvalue weighted by molar-refractivity contribution is 0.102. The number of fused-ring (bicyclic) bond motifs is 1. The quantitative estimate of drug-likeness (QED) is 0.384. The third kappa shape index (κ3) is 4.48. The Hall–Kier alpha value is -4.47. The normalized spacial score (nSPS) is 10.7. The molecule has 0 bridgehead atoms. The number of benzene rings is 2. The summed E-state index contributed by atoms with van der Waals surface area (Å²) in [7, 11) is 0. The van der Waals surface area contributed by atoms with Crippen molar-refractivity contribution in [2.24, 2.45) is 0 Å². The molecule has 0 atom stereocenters. The van der Waals surface area contributed by atoms with Crippen LogP contribution in [0.25, 0.3) is 5.52 Å². The van der Waals surface area contributed by atoms with Crippen LogP contribution >= 0.6 is 0 Å². The summed E-state index contributed by atoms with van der Waals surface area (Å²) in [6.45, 7) is 1.97. The molecular formula is C22H20FN7O2. The number of nitrogens with one attached hydrogen (secondary N) is 3. The number of hydrogen-bond acceptors (Lipinski definition) is 5. The lowest BCUT2D eigenvalue weighted by Crippen LogP contribution is -2.28. The number of halogens is 1. The van der Waals surface area contributed by atoms with Crippen molar-refractivity contribution >= 4 is 34.6 Å². The first-order chi connectivity index (χ1) is 15.4. The zero-order chi connectivity index (χ0) is 22.7. The first-order valence-electron chi connectivity index (χ1n) is 9.70. The van der Waals surface area contributed by atoms with Gasteiger partial charge in [0, 0.05) is 30.3 Å². The molecule has 3 amide bonds. The minimum absolute atomic E-state index is 0.172. The molecule has 32 heavy (non-hydrogen) atoms. The highest BCUT2D eigenvalue weighted by molar-refractivity contribution is 6.09. The topological polar surface area (TPSA) is 126 Å². The van der Waals surface area contributed by atoms with Gasteiger partial charge in [0.05, 0.1) is 0 Å². The first-order valence-corrected chi connectivity index (χ1v) is 9.70. The molecule has 2 heterocycles. The van der Waals surface area contributed by atoms with E-state index in [0.29, 0.717) is 22.7 Å². The number of aromatic nitrogens is 3. The van der Waals surface area contributed by atoms with Crippen LogP contribution in [0.1, 0.15) is 21.9 Å². The molecule has 0 aliphatic carbocycles. The Kier molecular flexibility index (Phi) is 5.67. The number of nitrogen functional groups attached to an aromatic ring is 1. The van der Waals surface area contributed by atoms with Gasteiger partial charge < -0.3 is 21.7 Å². The Balaban J connectivity index is 1.42. The van der Waals surface area contributed by atoms with Crippen LogP contribution in [0.4, 0.5) is 26.4 Å². The Morgan fingerprint density at radius 1 is 1.09 bits per heavy atom. The monoisotopic (exact) mass is 433 g/mol. The molecule has 9 nitrogen and oxygen atoms in total. The molecule has 4 aromatic rings. The van der Waals surface area contributed by atoms with Crippen molar-refractivity contribution in [3.8, 4) is 0 Å². The summed E-state index contributed by atoms with van der Waals surface area (Å²) in [4.78, 5) is 33.2. The van der Waals surface area contributed by atoms with Crippen molar-refractivity contribution in [1.82, 2.24) is 19.7 Å².